The normalized spacial score (nSPS) is 39.9. The molecule has 3 nitrogen and oxygen atoms in total. The summed E-state index contributed by atoms with van der Waals surface area (Å²) in [6, 6.07) is 4.82. The van der Waals surface area contributed by atoms with Crippen molar-refractivity contribution in [3.05, 3.63) is 69.8 Å². The van der Waals surface area contributed by atoms with Gasteiger partial charge in [-0.3, -0.25) is 4.90 Å². The number of hydrogen-bond donors (Lipinski definition) is 0. The van der Waals surface area contributed by atoms with Gasteiger partial charge in [-0.25, -0.2) is 0 Å². The molecule has 0 N–H and O–H groups in total. The molecule has 0 aromatic heterocycles. The summed E-state index contributed by atoms with van der Waals surface area (Å²) in [4.78, 5) is 6.51. The fourth-order valence-corrected chi connectivity index (χ4v) is 3.48. The van der Waals surface area contributed by atoms with Gasteiger partial charge in [-0.2, -0.15) is 13.2 Å². The van der Waals surface area contributed by atoms with E-state index in [1.807, 2.05) is 0 Å². The first kappa shape index (κ1) is 11.8. The molecule has 0 atom stereocenters. The standard InChI is InChI=1S/C29H37F3N2O/c1-4-23-17-25(11-12-26(23)18-34-14-5-15-34)21(3)33-35-19-22-8-13-27(28(16-22)29(30,31)32)24-9-6-20(2)7-10-24/h8,11-13,16-17,20,24H,4-7,9-10,14-15,18-19H2,1-3H3/b33-21+/i3D3,6D2,7D2,9D2,10D2,18D2,19D2,20D,24D. The summed E-state index contributed by atoms with van der Waals surface area (Å²) in [5.74, 6) is -7.27. The van der Waals surface area contributed by atoms with E-state index in [1.165, 1.54) is 18.2 Å². The van der Waals surface area contributed by atoms with Crippen LogP contribution in [0.5, 0.6) is 0 Å². The first-order valence-electron chi connectivity index (χ1n) is 19.6. The molecule has 1 aliphatic heterocycles. The van der Waals surface area contributed by atoms with Gasteiger partial charge < -0.3 is 4.84 Å². The van der Waals surface area contributed by atoms with Crippen LogP contribution >= 0.6 is 0 Å². The summed E-state index contributed by atoms with van der Waals surface area (Å²) in [5, 5.41) is 3.48. The van der Waals surface area contributed by atoms with Crippen molar-refractivity contribution in [1.82, 2.24) is 4.90 Å². The summed E-state index contributed by atoms with van der Waals surface area (Å²) in [7, 11) is 0. The van der Waals surface area contributed by atoms with Crippen LogP contribution in [0.25, 0.3) is 0 Å². The van der Waals surface area contributed by atoms with Crippen LogP contribution < -0.4 is 0 Å². The minimum absolute atomic E-state index is 0.0316. The zero-order valence-corrected chi connectivity index (χ0v) is 19.2. The number of nitrogens with zero attached hydrogens (tertiary/aromatic N) is 2. The Morgan fingerprint density at radius 1 is 1.17 bits per heavy atom. The lowest BCUT2D eigenvalue weighted by atomic mass is 9.78. The average Bonchev–Trinajstić information content (AvgIpc) is 2.96. The van der Waals surface area contributed by atoms with E-state index < -0.39 is 85.8 Å². The van der Waals surface area contributed by atoms with E-state index in [2.05, 4.69) is 5.16 Å². The third-order valence-electron chi connectivity index (χ3n) is 5.54. The van der Waals surface area contributed by atoms with Gasteiger partial charge in [0.25, 0.3) is 0 Å². The third kappa shape index (κ3) is 6.46. The first-order valence-corrected chi connectivity index (χ1v) is 11.1. The van der Waals surface area contributed by atoms with Crippen molar-refractivity contribution in [2.45, 2.75) is 84.2 Å². The molecular weight excluding hydrogens is 449 g/mol. The maximum atomic E-state index is 14.7. The van der Waals surface area contributed by atoms with Crippen LogP contribution in [0.15, 0.2) is 41.6 Å². The van der Waals surface area contributed by atoms with E-state index in [-0.39, 0.29) is 23.6 Å². The highest BCUT2D eigenvalue weighted by atomic mass is 19.4. The molecule has 2 aliphatic rings. The zero-order chi connectivity index (χ0) is 40.1. The molecule has 2 aromatic rings. The second kappa shape index (κ2) is 11.2. The van der Waals surface area contributed by atoms with Crippen LogP contribution in [0.3, 0.4) is 0 Å². The molecule has 1 saturated heterocycles. The predicted molar refractivity (Wildman–Crippen MR) is 135 cm³/mol. The van der Waals surface area contributed by atoms with Crippen LogP contribution in [0.4, 0.5) is 13.2 Å². The van der Waals surface area contributed by atoms with Crippen molar-refractivity contribution in [2.75, 3.05) is 13.1 Å². The van der Waals surface area contributed by atoms with Gasteiger partial charge in [-0.05, 0) is 97.3 Å². The molecule has 1 aliphatic carbocycles. The SMILES string of the molecule is [2H]C([2H])([2H])/C(=N\OC([2H])([2H])c1ccc(C2([2H])C([2H])([2H])C([2H])([2H])C([2H])(C)C([2H])([2H])C2([2H])[2H])c(C(F)(F)F)c1)c1ccc(C([2H])([2H])N2CCC2)c(CC)c1. The van der Waals surface area contributed by atoms with E-state index in [0.29, 0.717) is 37.7 Å². The van der Waals surface area contributed by atoms with E-state index in [9.17, 15) is 13.2 Å². The minimum Gasteiger partial charge on any atom is -0.391 e. The molecule has 0 radical (unpaired) electrons. The Kier molecular flexibility index (Phi) is 3.76. The second-order valence-electron chi connectivity index (χ2n) is 8.07. The summed E-state index contributed by atoms with van der Waals surface area (Å²) in [6.07, 6.45) is -20.1. The fourth-order valence-electron chi connectivity index (χ4n) is 3.48. The topological polar surface area (TPSA) is 24.8 Å². The molecule has 1 heterocycles. The zero-order valence-electron chi connectivity index (χ0n) is 36.2. The third-order valence-corrected chi connectivity index (χ3v) is 5.54. The molecule has 0 amide bonds. The van der Waals surface area contributed by atoms with E-state index >= 15 is 0 Å². The maximum absolute atomic E-state index is 14.7. The van der Waals surface area contributed by atoms with Gasteiger partial charge in [0.2, 0.25) is 0 Å². The number of aryl methyl sites for hydroxylation is 1. The van der Waals surface area contributed by atoms with Crippen molar-refractivity contribution >= 4 is 5.71 Å². The maximum Gasteiger partial charge on any atom is 0.416 e. The summed E-state index contributed by atoms with van der Waals surface area (Å²) in [6.45, 7) is -5.07. The van der Waals surface area contributed by atoms with Crippen molar-refractivity contribution in [3.63, 3.8) is 0 Å². The Bertz CT molecular complexity index is 1700. The van der Waals surface area contributed by atoms with Gasteiger partial charge in [0.05, 0.1) is 14.0 Å². The highest BCUT2D eigenvalue weighted by Gasteiger charge is 2.36. The molecule has 0 spiro atoms. The number of halogens is 3. The van der Waals surface area contributed by atoms with Crippen LogP contribution in [0.1, 0.15) is 115 Å². The second-order valence-corrected chi connectivity index (χ2v) is 8.07. The first-order chi connectivity index (χ1) is 23.2. The van der Waals surface area contributed by atoms with Gasteiger partial charge in [-0.15, -0.1) is 0 Å². The summed E-state index contributed by atoms with van der Waals surface area (Å²) in [5.41, 5.74) is -4.91. The summed E-state index contributed by atoms with van der Waals surface area (Å²) < 4.78 is 186. The Morgan fingerprint density at radius 2 is 1.94 bits per heavy atom. The minimum atomic E-state index is -5.60. The molecule has 1 saturated carbocycles. The molecule has 2 fully saturated rings. The van der Waals surface area contributed by atoms with Gasteiger partial charge >= 0.3 is 6.18 Å². The van der Waals surface area contributed by atoms with Crippen molar-refractivity contribution in [1.29, 1.82) is 0 Å². The van der Waals surface area contributed by atoms with E-state index in [4.69, 9.17) is 28.1 Å². The Morgan fingerprint density at radius 3 is 2.57 bits per heavy atom. The molecule has 0 bridgehead atoms. The van der Waals surface area contributed by atoms with E-state index in [1.54, 1.807) is 11.8 Å². The largest absolute Gasteiger partial charge is 0.416 e. The lowest BCUT2D eigenvalue weighted by molar-refractivity contribution is -0.138. The monoisotopic (exact) mass is 503 g/mol. The van der Waals surface area contributed by atoms with Crippen LogP contribution in [0, 0.1) is 5.89 Å². The van der Waals surface area contributed by atoms with Crippen LogP contribution in [-0.2, 0) is 30.5 Å². The molecule has 4 rings (SSSR count). The number of alkyl halides is 3. The van der Waals surface area contributed by atoms with Gasteiger partial charge in [0.1, 0.15) is 6.56 Å². The Labute approximate surface area is 231 Å². The van der Waals surface area contributed by atoms with Gasteiger partial charge in [-0.1, -0.05) is 56.0 Å². The number of likely N-dealkylation sites (tertiary alicyclic amines) is 1. The lowest BCUT2D eigenvalue weighted by Crippen LogP contribution is -2.36. The van der Waals surface area contributed by atoms with Crippen molar-refractivity contribution < 1.29 is 41.3 Å². The molecular formula is C29H37F3N2O. The molecule has 6 heteroatoms. The summed E-state index contributed by atoms with van der Waals surface area (Å²) >= 11 is 0. The van der Waals surface area contributed by atoms with Gasteiger partial charge in [0, 0.05) is 27.1 Å². The smallest absolute Gasteiger partial charge is 0.391 e. The van der Waals surface area contributed by atoms with Crippen LogP contribution in [-0.4, -0.2) is 23.7 Å². The predicted octanol–water partition coefficient (Wildman–Crippen LogP) is 7.71. The Balaban J connectivity index is 1.84. The number of hydrogen-bond acceptors (Lipinski definition) is 3. The number of rotatable bonds is 8. The molecule has 2 aromatic carbocycles. The van der Waals surface area contributed by atoms with E-state index in [0.717, 1.165) is 6.42 Å². The lowest BCUT2D eigenvalue weighted by Gasteiger charge is -2.31. The van der Waals surface area contributed by atoms with Gasteiger partial charge in [0.15, 0.2) is 0 Å². The van der Waals surface area contributed by atoms with Crippen molar-refractivity contribution in [2.24, 2.45) is 11.0 Å². The molecule has 35 heavy (non-hydrogen) atoms. The fraction of sp³-hybridized carbons (Fsp3) is 0.552. The van der Waals surface area contributed by atoms with Crippen molar-refractivity contribution in [3.8, 4) is 0 Å². The number of oxime groups is 1. The molecule has 190 valence electrons. The Hall–Kier alpha value is -2.34. The number of benzene rings is 2. The van der Waals surface area contributed by atoms with Crippen LogP contribution in [0.2, 0.25) is 0 Å². The average molecular weight is 504 g/mol. The quantitative estimate of drug-likeness (QED) is 0.272. The molecule has 0 unspecified atom stereocenters. The highest BCUT2D eigenvalue weighted by molar-refractivity contribution is 5.98. The highest BCUT2D eigenvalue weighted by Crippen LogP contribution is 2.42.